The topological polar surface area (TPSA) is 131 Å². The molecule has 0 fully saturated rings. The van der Waals surface area contributed by atoms with Gasteiger partial charge < -0.3 is 11.1 Å². The van der Waals surface area contributed by atoms with Crippen molar-refractivity contribution < 1.29 is 17.6 Å². The molecule has 3 aromatic rings. The Morgan fingerprint density at radius 1 is 1.31 bits per heavy atom. The number of fused-ring (bicyclic) bond motifs is 1. The van der Waals surface area contributed by atoms with Gasteiger partial charge in [-0.15, -0.1) is 0 Å². The highest BCUT2D eigenvalue weighted by Gasteiger charge is 2.29. The van der Waals surface area contributed by atoms with Gasteiger partial charge in [0.2, 0.25) is 11.3 Å². The predicted molar refractivity (Wildman–Crippen MR) is 95.3 cm³/mol. The smallest absolute Gasteiger partial charge is 0.255 e. The lowest BCUT2D eigenvalue weighted by molar-refractivity contribution is -0.117. The maximum atomic E-state index is 13.7. The van der Waals surface area contributed by atoms with E-state index < -0.39 is 27.1 Å². The Labute approximate surface area is 148 Å². The van der Waals surface area contributed by atoms with E-state index in [0.717, 1.165) is 0 Å². The number of H-pyrrole nitrogens is 1. The maximum Gasteiger partial charge on any atom is 0.255 e. The van der Waals surface area contributed by atoms with Crippen LogP contribution in [0.15, 0.2) is 36.7 Å². The average Bonchev–Trinajstić information content (AvgIpc) is 3.00. The summed E-state index contributed by atoms with van der Waals surface area (Å²) in [4.78, 5) is 15.6. The molecule has 0 saturated carbocycles. The Bertz CT molecular complexity index is 1080. The van der Waals surface area contributed by atoms with E-state index >= 15 is 0 Å². The first kappa shape index (κ1) is 17.8. The number of carbonyl (C=O) groups excluding carboxylic acids is 1. The Balaban J connectivity index is 1.96. The fourth-order valence-electron chi connectivity index (χ4n) is 2.49. The highest BCUT2D eigenvalue weighted by molar-refractivity contribution is 7.92. The first-order valence-corrected chi connectivity index (χ1v) is 9.40. The van der Waals surface area contributed by atoms with Crippen molar-refractivity contribution in [3.8, 4) is 11.1 Å². The molecule has 1 atom stereocenters. The van der Waals surface area contributed by atoms with Gasteiger partial charge in [0.05, 0.1) is 22.8 Å². The fourth-order valence-corrected chi connectivity index (χ4v) is 3.49. The molecule has 136 valence electrons. The van der Waals surface area contributed by atoms with Gasteiger partial charge in [0.15, 0.2) is 9.84 Å². The molecule has 1 amide bonds. The highest BCUT2D eigenvalue weighted by Crippen LogP contribution is 2.26. The summed E-state index contributed by atoms with van der Waals surface area (Å²) < 4.78 is 37.7. The number of amides is 1. The Kier molecular flexibility index (Phi) is 4.60. The van der Waals surface area contributed by atoms with Crippen molar-refractivity contribution in [1.82, 2.24) is 15.2 Å². The van der Waals surface area contributed by atoms with Crippen molar-refractivity contribution in [3.63, 3.8) is 0 Å². The molecule has 2 aromatic heterocycles. The van der Waals surface area contributed by atoms with Crippen LogP contribution in [0, 0.1) is 5.95 Å². The van der Waals surface area contributed by atoms with Crippen LogP contribution in [0.25, 0.3) is 22.0 Å². The molecule has 10 heteroatoms. The van der Waals surface area contributed by atoms with E-state index in [1.165, 1.54) is 19.3 Å². The second-order valence-electron chi connectivity index (χ2n) is 5.61. The molecule has 1 aromatic carbocycles. The van der Waals surface area contributed by atoms with E-state index in [2.05, 4.69) is 20.5 Å². The third-order valence-corrected chi connectivity index (χ3v) is 5.77. The van der Waals surface area contributed by atoms with Crippen molar-refractivity contribution in [2.75, 3.05) is 11.1 Å². The summed E-state index contributed by atoms with van der Waals surface area (Å²) in [6.07, 6.45) is 2.92. The van der Waals surface area contributed by atoms with Crippen LogP contribution < -0.4 is 11.1 Å². The predicted octanol–water partition coefficient (Wildman–Crippen LogP) is 1.42. The van der Waals surface area contributed by atoms with E-state index in [0.29, 0.717) is 27.7 Å². The molecule has 0 aliphatic heterocycles. The zero-order valence-electron chi connectivity index (χ0n) is 13.7. The normalized spacial score (nSPS) is 12.8. The molecule has 0 spiro atoms. The molecule has 0 radical (unpaired) electrons. The standard InChI is InChI=1S/C16H16FN5O3S/c1-2-26(24,25)16(15(18)23)20-11-5-10(7-19-8-11)9-3-4-13-12(6-9)14(17)22-21-13/h3-8,16,20H,2H2,1H3,(H2,18,23)(H,21,22). The first-order valence-electron chi connectivity index (χ1n) is 7.68. The zero-order valence-corrected chi connectivity index (χ0v) is 14.5. The molecule has 2 heterocycles. The lowest BCUT2D eigenvalue weighted by atomic mass is 10.1. The van der Waals surface area contributed by atoms with Gasteiger partial charge in [-0.05, 0) is 23.8 Å². The van der Waals surface area contributed by atoms with Crippen LogP contribution in [0.3, 0.4) is 0 Å². The molecule has 26 heavy (non-hydrogen) atoms. The van der Waals surface area contributed by atoms with Gasteiger partial charge >= 0.3 is 0 Å². The van der Waals surface area contributed by atoms with Gasteiger partial charge in [-0.25, -0.2) is 8.42 Å². The van der Waals surface area contributed by atoms with Crippen LogP contribution in [0.2, 0.25) is 0 Å². The number of benzene rings is 1. The Morgan fingerprint density at radius 2 is 2.08 bits per heavy atom. The maximum absolute atomic E-state index is 13.7. The van der Waals surface area contributed by atoms with Crippen molar-refractivity contribution in [1.29, 1.82) is 0 Å². The molecular formula is C16H16FN5O3S. The lowest BCUT2D eigenvalue weighted by Crippen LogP contribution is -2.42. The number of sulfone groups is 1. The van der Waals surface area contributed by atoms with Crippen molar-refractivity contribution in [3.05, 3.63) is 42.6 Å². The number of primary amides is 1. The van der Waals surface area contributed by atoms with Crippen LogP contribution in [0.1, 0.15) is 6.92 Å². The molecular weight excluding hydrogens is 361 g/mol. The number of anilines is 1. The molecule has 8 nitrogen and oxygen atoms in total. The van der Waals surface area contributed by atoms with E-state index in [9.17, 15) is 17.6 Å². The van der Waals surface area contributed by atoms with E-state index in [-0.39, 0.29) is 5.75 Å². The van der Waals surface area contributed by atoms with Crippen LogP contribution in [0.5, 0.6) is 0 Å². The second-order valence-corrected chi connectivity index (χ2v) is 7.98. The summed E-state index contributed by atoms with van der Waals surface area (Å²) in [5.74, 6) is -1.79. The van der Waals surface area contributed by atoms with E-state index in [1.54, 1.807) is 24.3 Å². The van der Waals surface area contributed by atoms with Crippen molar-refractivity contribution in [2.24, 2.45) is 5.73 Å². The van der Waals surface area contributed by atoms with Gasteiger partial charge in [0.25, 0.3) is 5.91 Å². The number of hydrogen-bond acceptors (Lipinski definition) is 6. The number of nitrogens with two attached hydrogens (primary N) is 1. The number of rotatable bonds is 6. The molecule has 4 N–H and O–H groups in total. The molecule has 3 rings (SSSR count). The molecule has 0 saturated heterocycles. The van der Waals surface area contributed by atoms with Gasteiger partial charge in [-0.1, -0.05) is 13.0 Å². The van der Waals surface area contributed by atoms with Crippen LogP contribution in [0.4, 0.5) is 10.1 Å². The largest absolute Gasteiger partial charge is 0.367 e. The number of aromatic nitrogens is 3. The molecule has 0 aliphatic rings. The second kappa shape index (κ2) is 6.71. The summed E-state index contributed by atoms with van der Waals surface area (Å²) in [5, 5.41) is 7.46. The van der Waals surface area contributed by atoms with Crippen LogP contribution in [-0.4, -0.2) is 40.6 Å². The molecule has 0 bridgehead atoms. The molecule has 0 aliphatic carbocycles. The fraction of sp³-hybridized carbons (Fsp3) is 0.188. The number of halogens is 1. The minimum absolute atomic E-state index is 0.239. The highest BCUT2D eigenvalue weighted by atomic mass is 32.2. The van der Waals surface area contributed by atoms with Gasteiger partial charge in [0.1, 0.15) is 0 Å². The van der Waals surface area contributed by atoms with Gasteiger partial charge in [-0.3, -0.25) is 14.9 Å². The third kappa shape index (κ3) is 3.36. The summed E-state index contributed by atoms with van der Waals surface area (Å²) in [6.45, 7) is 1.43. The number of nitrogens with zero attached hydrogens (tertiary/aromatic N) is 2. The number of pyridine rings is 1. The zero-order chi connectivity index (χ0) is 18.9. The minimum Gasteiger partial charge on any atom is -0.367 e. The molecule has 1 unspecified atom stereocenters. The quantitative estimate of drug-likeness (QED) is 0.595. The van der Waals surface area contributed by atoms with Gasteiger partial charge in [0, 0.05) is 17.5 Å². The monoisotopic (exact) mass is 377 g/mol. The van der Waals surface area contributed by atoms with E-state index in [4.69, 9.17) is 5.73 Å². The lowest BCUT2D eigenvalue weighted by Gasteiger charge is -2.16. The van der Waals surface area contributed by atoms with Crippen LogP contribution >= 0.6 is 0 Å². The summed E-state index contributed by atoms with van der Waals surface area (Å²) in [7, 11) is -3.74. The minimum atomic E-state index is -3.74. The van der Waals surface area contributed by atoms with Crippen molar-refractivity contribution in [2.45, 2.75) is 12.3 Å². The Morgan fingerprint density at radius 3 is 2.77 bits per heavy atom. The average molecular weight is 377 g/mol. The number of aromatic amines is 1. The SMILES string of the molecule is CCS(=O)(=O)C(Nc1cncc(-c2ccc3n[nH]c(F)c3c2)c1)C(N)=O. The Hall–Kier alpha value is -3.01. The van der Waals surface area contributed by atoms with Gasteiger partial charge in [-0.2, -0.15) is 9.49 Å². The van der Waals surface area contributed by atoms with E-state index in [1.807, 2.05) is 0 Å². The summed E-state index contributed by atoms with van der Waals surface area (Å²) in [5.41, 5.74) is 7.26. The third-order valence-electron chi connectivity index (χ3n) is 3.90. The summed E-state index contributed by atoms with van der Waals surface area (Å²) >= 11 is 0. The number of hydrogen-bond donors (Lipinski definition) is 3. The number of carbonyl (C=O) groups is 1. The number of nitrogens with one attached hydrogen (secondary N) is 2. The summed E-state index contributed by atoms with van der Waals surface area (Å²) in [6, 6.07) is 6.59. The van der Waals surface area contributed by atoms with Crippen molar-refractivity contribution >= 4 is 32.3 Å². The van der Waals surface area contributed by atoms with Crippen LogP contribution in [-0.2, 0) is 14.6 Å². The first-order chi connectivity index (χ1) is 12.3.